The van der Waals surface area contributed by atoms with Crippen LogP contribution in [-0.2, 0) is 10.0 Å². The number of nitrogen functional groups attached to an aromatic ring is 1. The van der Waals surface area contributed by atoms with Gasteiger partial charge in [-0.2, -0.15) is 0 Å². The van der Waals surface area contributed by atoms with E-state index in [0.717, 1.165) is 12.1 Å². The van der Waals surface area contributed by atoms with Crippen LogP contribution in [0.2, 0.25) is 5.02 Å². The molecule has 4 nitrogen and oxygen atoms in total. The van der Waals surface area contributed by atoms with Gasteiger partial charge in [0.05, 0.1) is 15.6 Å². The van der Waals surface area contributed by atoms with Crippen molar-refractivity contribution in [3.63, 3.8) is 0 Å². The van der Waals surface area contributed by atoms with Gasteiger partial charge in [0.15, 0.2) is 0 Å². The van der Waals surface area contributed by atoms with Gasteiger partial charge in [0.25, 0.3) is 10.0 Å². The third kappa shape index (κ3) is 3.28. The molecule has 0 radical (unpaired) electrons. The van der Waals surface area contributed by atoms with Crippen molar-refractivity contribution in [1.82, 2.24) is 0 Å². The highest BCUT2D eigenvalue weighted by Gasteiger charge is 2.20. The molecule has 0 heterocycles. The zero-order valence-electron chi connectivity index (χ0n) is 11.4. The van der Waals surface area contributed by atoms with Crippen LogP contribution in [0.1, 0.15) is 11.1 Å². The van der Waals surface area contributed by atoms with Gasteiger partial charge in [0, 0.05) is 5.69 Å². The van der Waals surface area contributed by atoms with Crippen LogP contribution in [0.15, 0.2) is 35.2 Å². The summed E-state index contributed by atoms with van der Waals surface area (Å²) in [5.41, 5.74) is 7.29. The minimum absolute atomic E-state index is 0.0175. The standard InChI is InChI=1S/C14H14ClFN2O2S/c1-8-5-12(17)9(2)14(6-8)21(19,20)18-13-7-10(16)3-4-11(13)15/h3-7,18H,17H2,1-2H3. The molecule has 0 spiro atoms. The lowest BCUT2D eigenvalue weighted by Crippen LogP contribution is -2.15. The molecular weight excluding hydrogens is 315 g/mol. The maximum Gasteiger partial charge on any atom is 0.262 e. The summed E-state index contributed by atoms with van der Waals surface area (Å²) in [6.07, 6.45) is 0. The number of hydrogen-bond acceptors (Lipinski definition) is 3. The molecule has 0 saturated carbocycles. The Balaban J connectivity index is 2.51. The lowest BCUT2D eigenvalue weighted by atomic mass is 10.1. The Hall–Kier alpha value is -1.79. The first kappa shape index (κ1) is 15.6. The molecule has 2 aromatic rings. The minimum atomic E-state index is -3.91. The second kappa shape index (κ2) is 5.54. The Bertz CT molecular complexity index is 807. The normalized spacial score (nSPS) is 11.4. The van der Waals surface area contributed by atoms with Gasteiger partial charge in [-0.05, 0) is 55.3 Å². The lowest BCUT2D eigenvalue weighted by molar-refractivity contribution is 0.600. The fourth-order valence-corrected chi connectivity index (χ4v) is 3.56. The maximum absolute atomic E-state index is 13.2. The van der Waals surface area contributed by atoms with Crippen molar-refractivity contribution in [3.8, 4) is 0 Å². The van der Waals surface area contributed by atoms with E-state index in [4.69, 9.17) is 17.3 Å². The van der Waals surface area contributed by atoms with E-state index >= 15 is 0 Å². The molecule has 0 aliphatic heterocycles. The van der Waals surface area contributed by atoms with Crippen LogP contribution in [0.5, 0.6) is 0 Å². The van der Waals surface area contributed by atoms with Crippen LogP contribution in [0.25, 0.3) is 0 Å². The molecule has 0 saturated heterocycles. The van der Waals surface area contributed by atoms with Crippen LogP contribution in [0, 0.1) is 19.7 Å². The lowest BCUT2D eigenvalue weighted by Gasteiger charge is -2.13. The van der Waals surface area contributed by atoms with E-state index < -0.39 is 15.8 Å². The number of benzene rings is 2. The first-order chi connectivity index (χ1) is 9.70. The fraction of sp³-hybridized carbons (Fsp3) is 0.143. The van der Waals surface area contributed by atoms with Crippen molar-refractivity contribution in [2.75, 3.05) is 10.5 Å². The van der Waals surface area contributed by atoms with E-state index in [1.54, 1.807) is 19.9 Å². The van der Waals surface area contributed by atoms with Gasteiger partial charge in [-0.25, -0.2) is 12.8 Å². The zero-order valence-corrected chi connectivity index (χ0v) is 13.0. The molecule has 0 aliphatic carbocycles. The molecule has 2 aromatic carbocycles. The molecule has 0 fully saturated rings. The molecule has 0 bridgehead atoms. The molecule has 0 atom stereocenters. The second-order valence-corrected chi connectivity index (χ2v) is 6.76. The van der Waals surface area contributed by atoms with Crippen LogP contribution in [0.3, 0.4) is 0 Å². The summed E-state index contributed by atoms with van der Waals surface area (Å²) in [4.78, 5) is 0.0420. The summed E-state index contributed by atoms with van der Waals surface area (Å²) < 4.78 is 40.4. The summed E-state index contributed by atoms with van der Waals surface area (Å²) in [6, 6.07) is 6.64. The quantitative estimate of drug-likeness (QED) is 0.847. The van der Waals surface area contributed by atoms with E-state index in [0.29, 0.717) is 16.8 Å². The highest BCUT2D eigenvalue weighted by molar-refractivity contribution is 7.92. The summed E-state index contributed by atoms with van der Waals surface area (Å²) in [7, 11) is -3.91. The second-order valence-electron chi connectivity index (χ2n) is 4.71. The molecule has 7 heteroatoms. The van der Waals surface area contributed by atoms with Gasteiger partial charge in [-0.3, -0.25) is 4.72 Å². The van der Waals surface area contributed by atoms with Gasteiger partial charge in [0.1, 0.15) is 5.82 Å². The Kier molecular flexibility index (Phi) is 4.11. The van der Waals surface area contributed by atoms with Crippen LogP contribution in [-0.4, -0.2) is 8.42 Å². The van der Waals surface area contributed by atoms with Crippen molar-refractivity contribution in [3.05, 3.63) is 52.3 Å². The first-order valence-electron chi connectivity index (χ1n) is 6.05. The third-order valence-electron chi connectivity index (χ3n) is 3.01. The van der Waals surface area contributed by atoms with E-state index in [9.17, 15) is 12.8 Å². The summed E-state index contributed by atoms with van der Waals surface area (Å²) in [6.45, 7) is 3.35. The molecule has 112 valence electrons. The molecule has 2 rings (SSSR count). The molecule has 0 aromatic heterocycles. The van der Waals surface area contributed by atoms with Crippen molar-refractivity contribution in [2.45, 2.75) is 18.7 Å². The zero-order chi connectivity index (χ0) is 15.8. The van der Waals surface area contributed by atoms with Gasteiger partial charge in [0.2, 0.25) is 0 Å². The Labute approximate surface area is 127 Å². The number of hydrogen-bond donors (Lipinski definition) is 2. The monoisotopic (exact) mass is 328 g/mol. The van der Waals surface area contributed by atoms with Gasteiger partial charge in [-0.15, -0.1) is 0 Å². The Morgan fingerprint density at radius 2 is 1.86 bits per heavy atom. The number of aryl methyl sites for hydroxylation is 1. The number of halogens is 2. The molecule has 0 amide bonds. The fourth-order valence-electron chi connectivity index (χ4n) is 1.91. The topological polar surface area (TPSA) is 72.2 Å². The van der Waals surface area contributed by atoms with E-state index in [1.165, 1.54) is 12.1 Å². The van der Waals surface area contributed by atoms with Crippen LogP contribution < -0.4 is 10.5 Å². The molecule has 0 unspecified atom stereocenters. The molecule has 0 aliphatic rings. The SMILES string of the molecule is Cc1cc(N)c(C)c(S(=O)(=O)Nc2cc(F)ccc2Cl)c1. The predicted molar refractivity (Wildman–Crippen MR) is 82.5 cm³/mol. The largest absolute Gasteiger partial charge is 0.398 e. The van der Waals surface area contributed by atoms with E-state index in [1.807, 2.05) is 0 Å². The van der Waals surface area contributed by atoms with Gasteiger partial charge >= 0.3 is 0 Å². The summed E-state index contributed by atoms with van der Waals surface area (Å²) in [5.74, 6) is -0.586. The van der Waals surface area contributed by atoms with Crippen molar-refractivity contribution >= 4 is 33.0 Å². The van der Waals surface area contributed by atoms with Gasteiger partial charge in [-0.1, -0.05) is 11.6 Å². The van der Waals surface area contributed by atoms with Crippen molar-refractivity contribution < 1.29 is 12.8 Å². The Morgan fingerprint density at radius 1 is 1.19 bits per heavy atom. The van der Waals surface area contributed by atoms with Crippen molar-refractivity contribution in [1.29, 1.82) is 0 Å². The number of anilines is 2. The summed E-state index contributed by atoms with van der Waals surface area (Å²) in [5, 5.41) is 0.109. The number of nitrogens with two attached hydrogens (primary N) is 1. The molecule has 3 N–H and O–H groups in total. The number of nitrogens with one attached hydrogen (secondary N) is 1. The first-order valence-corrected chi connectivity index (χ1v) is 7.91. The van der Waals surface area contributed by atoms with Crippen LogP contribution in [0.4, 0.5) is 15.8 Å². The van der Waals surface area contributed by atoms with Crippen molar-refractivity contribution in [2.24, 2.45) is 0 Å². The smallest absolute Gasteiger partial charge is 0.262 e. The average Bonchev–Trinajstić information content (AvgIpc) is 2.37. The third-order valence-corrected chi connectivity index (χ3v) is 4.83. The molecular formula is C14H14ClFN2O2S. The van der Waals surface area contributed by atoms with E-state index in [2.05, 4.69) is 4.72 Å². The number of rotatable bonds is 3. The van der Waals surface area contributed by atoms with E-state index in [-0.39, 0.29) is 15.6 Å². The minimum Gasteiger partial charge on any atom is -0.398 e. The maximum atomic E-state index is 13.2. The number of sulfonamides is 1. The highest BCUT2D eigenvalue weighted by atomic mass is 35.5. The Morgan fingerprint density at radius 3 is 2.52 bits per heavy atom. The van der Waals surface area contributed by atoms with Crippen LogP contribution >= 0.6 is 11.6 Å². The average molecular weight is 329 g/mol. The predicted octanol–water partition coefficient (Wildman–Crippen LogP) is 3.48. The molecule has 21 heavy (non-hydrogen) atoms. The summed E-state index contributed by atoms with van der Waals surface area (Å²) >= 11 is 5.87. The van der Waals surface area contributed by atoms with Gasteiger partial charge < -0.3 is 5.73 Å². The highest BCUT2D eigenvalue weighted by Crippen LogP contribution is 2.28.